The zero-order valence-electron chi connectivity index (χ0n) is 15.7. The highest BCUT2D eigenvalue weighted by Crippen LogP contribution is 2.22. The van der Waals surface area contributed by atoms with Crippen molar-refractivity contribution < 1.29 is 4.79 Å². The van der Waals surface area contributed by atoms with E-state index < -0.39 is 0 Å². The molecule has 8 heteroatoms. The van der Waals surface area contributed by atoms with Crippen LogP contribution in [0.15, 0.2) is 24.3 Å². The summed E-state index contributed by atoms with van der Waals surface area (Å²) in [4.78, 5) is 12.7. The molecule has 0 aliphatic carbocycles. The topological polar surface area (TPSA) is 90.5 Å². The molecule has 26 heavy (non-hydrogen) atoms. The Morgan fingerprint density at radius 1 is 1.27 bits per heavy atom. The fourth-order valence-electron chi connectivity index (χ4n) is 3.25. The zero-order valence-corrected chi connectivity index (χ0v) is 15.7. The van der Waals surface area contributed by atoms with Gasteiger partial charge in [0.05, 0.1) is 17.4 Å². The van der Waals surface area contributed by atoms with E-state index in [2.05, 4.69) is 32.9 Å². The Bertz CT molecular complexity index is 941. The van der Waals surface area contributed by atoms with Gasteiger partial charge in [0.15, 0.2) is 5.82 Å². The van der Waals surface area contributed by atoms with Crippen LogP contribution in [0.1, 0.15) is 53.0 Å². The third-order valence-electron chi connectivity index (χ3n) is 4.50. The molecule has 2 heterocycles. The van der Waals surface area contributed by atoms with E-state index in [9.17, 15) is 4.79 Å². The molecule has 0 spiro atoms. The number of aromatic nitrogens is 6. The monoisotopic (exact) mass is 353 g/mol. The number of tetrazole rings is 1. The molecular formula is C18H23N7O. The standard InChI is InChI=1S/C18H23N7O/c1-6-24-13(4)17(12(3)21-24)11(2)19-18(26)15-8-7-9-16(10-15)25-14(5)20-22-23-25/h7-11H,6H2,1-5H3,(H,19,26)/t11-/m1/s1. The molecule has 2 aromatic heterocycles. The summed E-state index contributed by atoms with van der Waals surface area (Å²) in [5.74, 6) is 0.516. The lowest BCUT2D eigenvalue weighted by Gasteiger charge is -2.15. The van der Waals surface area contributed by atoms with E-state index in [-0.39, 0.29) is 11.9 Å². The van der Waals surface area contributed by atoms with Gasteiger partial charge in [0.25, 0.3) is 5.91 Å². The van der Waals surface area contributed by atoms with Crippen molar-refractivity contribution in [1.82, 2.24) is 35.3 Å². The van der Waals surface area contributed by atoms with Crippen molar-refractivity contribution in [2.24, 2.45) is 0 Å². The molecule has 1 aromatic carbocycles. The van der Waals surface area contributed by atoms with Gasteiger partial charge in [0.1, 0.15) is 0 Å². The van der Waals surface area contributed by atoms with E-state index >= 15 is 0 Å². The van der Waals surface area contributed by atoms with E-state index in [1.165, 1.54) is 0 Å². The Labute approximate surface area is 152 Å². The number of carbonyl (C=O) groups is 1. The van der Waals surface area contributed by atoms with Gasteiger partial charge in [-0.1, -0.05) is 6.07 Å². The number of amides is 1. The van der Waals surface area contributed by atoms with E-state index in [0.717, 1.165) is 29.2 Å². The summed E-state index contributed by atoms with van der Waals surface area (Å²) in [5.41, 5.74) is 4.39. The fourth-order valence-corrected chi connectivity index (χ4v) is 3.25. The van der Waals surface area contributed by atoms with Gasteiger partial charge in [0.2, 0.25) is 0 Å². The summed E-state index contributed by atoms with van der Waals surface area (Å²) in [7, 11) is 0. The molecule has 1 atom stereocenters. The van der Waals surface area contributed by atoms with Gasteiger partial charge in [-0.05, 0) is 63.2 Å². The minimum atomic E-state index is -0.145. The van der Waals surface area contributed by atoms with Gasteiger partial charge in [-0.15, -0.1) is 5.10 Å². The van der Waals surface area contributed by atoms with Crippen molar-refractivity contribution in [2.75, 3.05) is 0 Å². The van der Waals surface area contributed by atoms with Crippen LogP contribution in [-0.2, 0) is 6.54 Å². The first-order valence-electron chi connectivity index (χ1n) is 8.62. The fraction of sp³-hybridized carbons (Fsp3) is 0.389. The third kappa shape index (κ3) is 3.22. The van der Waals surface area contributed by atoms with E-state index in [0.29, 0.717) is 11.4 Å². The lowest BCUT2D eigenvalue weighted by Crippen LogP contribution is -2.27. The second kappa shape index (κ2) is 7.07. The molecule has 0 unspecified atom stereocenters. The summed E-state index contributed by atoms with van der Waals surface area (Å²) in [6.45, 7) is 10.6. The van der Waals surface area contributed by atoms with Crippen molar-refractivity contribution in [3.8, 4) is 5.69 Å². The van der Waals surface area contributed by atoms with Crippen LogP contribution in [0.25, 0.3) is 5.69 Å². The quantitative estimate of drug-likeness (QED) is 0.760. The predicted octanol–water partition coefficient (Wildman–Crippen LogP) is 2.29. The molecule has 3 rings (SSSR count). The number of hydrogen-bond acceptors (Lipinski definition) is 5. The molecule has 0 saturated heterocycles. The molecule has 0 fully saturated rings. The molecule has 0 saturated carbocycles. The Kier molecular flexibility index (Phi) is 4.83. The summed E-state index contributed by atoms with van der Waals surface area (Å²) in [6, 6.07) is 7.10. The summed E-state index contributed by atoms with van der Waals surface area (Å²) < 4.78 is 3.55. The maximum atomic E-state index is 12.7. The second-order valence-electron chi connectivity index (χ2n) is 6.28. The number of hydrogen-bond donors (Lipinski definition) is 1. The number of nitrogens with zero attached hydrogens (tertiary/aromatic N) is 6. The molecule has 8 nitrogen and oxygen atoms in total. The van der Waals surface area contributed by atoms with Crippen molar-refractivity contribution >= 4 is 5.91 Å². The number of aryl methyl sites for hydroxylation is 3. The molecule has 0 bridgehead atoms. The van der Waals surface area contributed by atoms with Crippen LogP contribution in [-0.4, -0.2) is 35.9 Å². The highest BCUT2D eigenvalue weighted by Gasteiger charge is 2.19. The highest BCUT2D eigenvalue weighted by atomic mass is 16.1. The van der Waals surface area contributed by atoms with Crippen molar-refractivity contribution in [3.05, 3.63) is 52.6 Å². The maximum Gasteiger partial charge on any atom is 0.251 e. The van der Waals surface area contributed by atoms with Crippen LogP contribution in [0, 0.1) is 20.8 Å². The molecule has 0 aliphatic rings. The molecule has 1 amide bonds. The lowest BCUT2D eigenvalue weighted by atomic mass is 10.1. The van der Waals surface area contributed by atoms with Gasteiger partial charge < -0.3 is 5.32 Å². The van der Waals surface area contributed by atoms with Crippen LogP contribution in [0.3, 0.4) is 0 Å². The average molecular weight is 353 g/mol. The predicted molar refractivity (Wildman–Crippen MR) is 97.1 cm³/mol. The van der Waals surface area contributed by atoms with Gasteiger partial charge in [-0.25, -0.2) is 0 Å². The number of rotatable bonds is 5. The van der Waals surface area contributed by atoms with Crippen molar-refractivity contribution in [1.29, 1.82) is 0 Å². The van der Waals surface area contributed by atoms with Crippen LogP contribution >= 0.6 is 0 Å². The Hall–Kier alpha value is -3.03. The van der Waals surface area contributed by atoms with E-state index in [1.807, 2.05) is 44.5 Å². The van der Waals surface area contributed by atoms with Gasteiger partial charge in [-0.2, -0.15) is 9.78 Å². The number of carbonyl (C=O) groups excluding carboxylic acids is 1. The molecule has 0 radical (unpaired) electrons. The number of benzene rings is 1. The Morgan fingerprint density at radius 2 is 2.04 bits per heavy atom. The van der Waals surface area contributed by atoms with Gasteiger partial charge in [0, 0.05) is 23.4 Å². The van der Waals surface area contributed by atoms with Crippen molar-refractivity contribution in [2.45, 2.75) is 47.2 Å². The molecular weight excluding hydrogens is 330 g/mol. The summed E-state index contributed by atoms with van der Waals surface area (Å²) >= 11 is 0. The SMILES string of the molecule is CCn1nc(C)c([C@@H](C)NC(=O)c2cccc(-n3nnnc3C)c2)c1C. The van der Waals surface area contributed by atoms with Crippen LogP contribution < -0.4 is 5.32 Å². The first-order valence-corrected chi connectivity index (χ1v) is 8.62. The van der Waals surface area contributed by atoms with E-state index in [1.54, 1.807) is 16.8 Å². The van der Waals surface area contributed by atoms with Crippen molar-refractivity contribution in [3.63, 3.8) is 0 Å². The molecule has 1 N–H and O–H groups in total. The Balaban J connectivity index is 1.83. The third-order valence-corrected chi connectivity index (χ3v) is 4.50. The average Bonchev–Trinajstić information content (AvgIpc) is 3.17. The minimum absolute atomic E-state index is 0.138. The lowest BCUT2D eigenvalue weighted by molar-refractivity contribution is 0.0939. The van der Waals surface area contributed by atoms with Crippen LogP contribution in [0.4, 0.5) is 0 Å². The van der Waals surface area contributed by atoms with Crippen LogP contribution in [0.5, 0.6) is 0 Å². The highest BCUT2D eigenvalue weighted by molar-refractivity contribution is 5.95. The molecule has 136 valence electrons. The summed E-state index contributed by atoms with van der Waals surface area (Å²) in [6.07, 6.45) is 0. The molecule has 0 aliphatic heterocycles. The second-order valence-corrected chi connectivity index (χ2v) is 6.28. The first kappa shape index (κ1) is 17.8. The van der Waals surface area contributed by atoms with Crippen LogP contribution in [0.2, 0.25) is 0 Å². The van der Waals surface area contributed by atoms with Gasteiger partial charge in [-0.3, -0.25) is 9.48 Å². The maximum absolute atomic E-state index is 12.7. The normalized spacial score (nSPS) is 12.2. The zero-order chi connectivity index (χ0) is 18.8. The number of nitrogens with one attached hydrogen (secondary N) is 1. The molecule has 3 aromatic rings. The van der Waals surface area contributed by atoms with Gasteiger partial charge >= 0.3 is 0 Å². The largest absolute Gasteiger partial charge is 0.345 e. The van der Waals surface area contributed by atoms with E-state index in [4.69, 9.17) is 0 Å². The first-order chi connectivity index (χ1) is 12.4. The Morgan fingerprint density at radius 3 is 2.65 bits per heavy atom. The smallest absolute Gasteiger partial charge is 0.251 e. The summed E-state index contributed by atoms with van der Waals surface area (Å²) in [5, 5.41) is 19.1. The minimum Gasteiger partial charge on any atom is -0.345 e.